The van der Waals surface area contributed by atoms with Crippen molar-refractivity contribution in [3.05, 3.63) is 83.7 Å². The summed E-state index contributed by atoms with van der Waals surface area (Å²) < 4.78 is 5.22. The molecule has 0 fully saturated rings. The molecule has 0 saturated heterocycles. The smallest absolute Gasteiger partial charge is 0.337 e. The van der Waals surface area contributed by atoms with Gasteiger partial charge in [-0.2, -0.15) is 0 Å². The summed E-state index contributed by atoms with van der Waals surface area (Å²) >= 11 is 0. The molecule has 2 N–H and O–H groups in total. The highest BCUT2D eigenvalue weighted by molar-refractivity contribution is 6.88. The van der Waals surface area contributed by atoms with Crippen LogP contribution in [-0.4, -0.2) is 55.0 Å². The van der Waals surface area contributed by atoms with Gasteiger partial charge >= 0.3 is 5.97 Å². The van der Waals surface area contributed by atoms with Gasteiger partial charge in [0.1, 0.15) is 17.5 Å². The van der Waals surface area contributed by atoms with Gasteiger partial charge in [0, 0.05) is 18.9 Å². The van der Waals surface area contributed by atoms with Crippen LogP contribution in [-0.2, 0) is 4.79 Å². The Bertz CT molecular complexity index is 1200. The molecule has 0 radical (unpaired) electrons. The fraction of sp³-hybridized carbons (Fsp3) is 0.231. The van der Waals surface area contributed by atoms with Crippen molar-refractivity contribution in [2.24, 2.45) is 0 Å². The van der Waals surface area contributed by atoms with Gasteiger partial charge in [-0.1, -0.05) is 49.1 Å². The van der Waals surface area contributed by atoms with Crippen LogP contribution in [0.25, 0.3) is 0 Å². The Hall–Kier alpha value is -3.98. The number of pyridine rings is 1. The number of anilines is 1. The van der Waals surface area contributed by atoms with Crippen molar-refractivity contribution < 1.29 is 24.2 Å². The molecule has 0 aliphatic carbocycles. The maximum Gasteiger partial charge on any atom is 0.337 e. The topological polar surface area (TPSA) is 109 Å². The summed E-state index contributed by atoms with van der Waals surface area (Å²) in [5, 5.41) is 13.3. The molecule has 9 heteroatoms. The number of aromatic nitrogens is 1. The van der Waals surface area contributed by atoms with Crippen LogP contribution in [0.4, 0.5) is 5.69 Å². The average molecular weight is 492 g/mol. The van der Waals surface area contributed by atoms with Gasteiger partial charge in [0.05, 0.1) is 20.7 Å². The summed E-state index contributed by atoms with van der Waals surface area (Å²) in [5.74, 6) is -1.43. The summed E-state index contributed by atoms with van der Waals surface area (Å²) in [4.78, 5) is 43.0. The number of nitrogens with zero attached hydrogens (tertiary/aromatic N) is 2. The molecule has 0 aliphatic rings. The first-order chi connectivity index (χ1) is 16.5. The molecule has 0 spiro atoms. The first-order valence-corrected chi connectivity index (χ1v) is 14.5. The zero-order valence-corrected chi connectivity index (χ0v) is 21.4. The van der Waals surface area contributed by atoms with Crippen molar-refractivity contribution in [1.29, 1.82) is 0 Å². The Balaban J connectivity index is 1.91. The van der Waals surface area contributed by atoms with Gasteiger partial charge in [-0.15, -0.1) is 0 Å². The number of hydrogen-bond acceptors (Lipinski definition) is 5. The maximum absolute atomic E-state index is 13.4. The molecular formula is C26H29N3O5Si. The number of carbonyl (C=O) groups is 3. The molecule has 2 amide bonds. The summed E-state index contributed by atoms with van der Waals surface area (Å²) in [5.41, 5.74) is 1.21. The molecule has 2 aromatic carbocycles. The fourth-order valence-electron chi connectivity index (χ4n) is 3.55. The molecule has 1 heterocycles. The number of amides is 2. The maximum atomic E-state index is 13.4. The standard InChI is InChI=1S/C26H29N3O5Si/c1-29(25(31)22-15-8-18(16-27-22)26(32)33)23(17-6-11-20(34-2)12-7-17)24(30)28-19-9-13-21(14-10-19)35(3,4)5/h6-16,23H,1-5H3,(H,28,30)(H,32,33). The Labute approximate surface area is 205 Å². The number of benzene rings is 2. The van der Waals surface area contributed by atoms with Crippen molar-refractivity contribution >= 4 is 36.7 Å². The molecule has 1 unspecified atom stereocenters. The van der Waals surface area contributed by atoms with Crippen LogP contribution >= 0.6 is 0 Å². The Morgan fingerprint density at radius 3 is 2.09 bits per heavy atom. The van der Waals surface area contributed by atoms with Crippen LogP contribution in [0.3, 0.4) is 0 Å². The van der Waals surface area contributed by atoms with Crippen LogP contribution in [0.2, 0.25) is 19.6 Å². The Kier molecular flexibility index (Phi) is 7.70. The predicted octanol–water partition coefficient (Wildman–Crippen LogP) is 3.79. The lowest BCUT2D eigenvalue weighted by Gasteiger charge is -2.28. The van der Waals surface area contributed by atoms with Crippen molar-refractivity contribution in [2.45, 2.75) is 25.7 Å². The summed E-state index contributed by atoms with van der Waals surface area (Å²) in [6, 6.07) is 16.3. The highest BCUT2D eigenvalue weighted by Crippen LogP contribution is 2.25. The first kappa shape index (κ1) is 25.6. The van der Waals surface area contributed by atoms with Crippen molar-refractivity contribution in [3.8, 4) is 5.75 Å². The number of carboxylic acid groups (broad SMARTS) is 1. The Morgan fingerprint density at radius 1 is 0.971 bits per heavy atom. The summed E-state index contributed by atoms with van der Waals surface area (Å²) in [6.07, 6.45) is 1.12. The molecular weight excluding hydrogens is 462 g/mol. The van der Waals surface area contributed by atoms with Crippen LogP contribution in [0, 0.1) is 0 Å². The van der Waals surface area contributed by atoms with E-state index >= 15 is 0 Å². The number of ether oxygens (including phenoxy) is 1. The lowest BCUT2D eigenvalue weighted by Crippen LogP contribution is -2.39. The van der Waals surface area contributed by atoms with E-state index in [1.807, 2.05) is 24.3 Å². The number of aromatic carboxylic acids is 1. The van der Waals surface area contributed by atoms with E-state index < -0.39 is 31.9 Å². The second kappa shape index (κ2) is 10.5. The molecule has 1 atom stereocenters. The second-order valence-electron chi connectivity index (χ2n) is 9.15. The average Bonchev–Trinajstić information content (AvgIpc) is 2.84. The van der Waals surface area contributed by atoms with E-state index in [2.05, 4.69) is 29.9 Å². The van der Waals surface area contributed by atoms with E-state index in [0.29, 0.717) is 17.0 Å². The van der Waals surface area contributed by atoms with E-state index in [1.54, 1.807) is 31.4 Å². The predicted molar refractivity (Wildman–Crippen MR) is 137 cm³/mol. The van der Waals surface area contributed by atoms with Crippen LogP contribution in [0.1, 0.15) is 32.5 Å². The number of carbonyl (C=O) groups excluding carboxylic acids is 2. The van der Waals surface area contributed by atoms with E-state index in [1.165, 1.54) is 29.3 Å². The minimum absolute atomic E-state index is 0.0308. The summed E-state index contributed by atoms with van der Waals surface area (Å²) in [7, 11) is 1.58. The first-order valence-electron chi connectivity index (χ1n) is 11.0. The molecule has 0 saturated carbocycles. The fourth-order valence-corrected chi connectivity index (χ4v) is 4.71. The lowest BCUT2D eigenvalue weighted by molar-refractivity contribution is -0.120. The van der Waals surface area contributed by atoms with Crippen molar-refractivity contribution in [3.63, 3.8) is 0 Å². The van der Waals surface area contributed by atoms with Crippen molar-refractivity contribution in [1.82, 2.24) is 9.88 Å². The molecule has 0 aliphatic heterocycles. The second-order valence-corrected chi connectivity index (χ2v) is 14.2. The zero-order valence-electron chi connectivity index (χ0n) is 20.4. The number of rotatable bonds is 8. The van der Waals surface area contributed by atoms with Crippen LogP contribution < -0.4 is 15.2 Å². The molecule has 0 bridgehead atoms. The zero-order chi connectivity index (χ0) is 25.8. The van der Waals surface area contributed by atoms with Gasteiger partial charge in [0.25, 0.3) is 11.8 Å². The van der Waals surface area contributed by atoms with Crippen LogP contribution in [0.5, 0.6) is 5.75 Å². The highest BCUT2D eigenvalue weighted by Gasteiger charge is 2.30. The van der Waals surface area contributed by atoms with E-state index in [4.69, 9.17) is 9.84 Å². The third-order valence-corrected chi connectivity index (χ3v) is 7.70. The van der Waals surface area contributed by atoms with E-state index in [0.717, 1.165) is 6.20 Å². The number of likely N-dealkylation sites (N-methyl/N-ethyl adjacent to an activating group) is 1. The van der Waals surface area contributed by atoms with Gasteiger partial charge in [0.15, 0.2) is 0 Å². The summed E-state index contributed by atoms with van der Waals surface area (Å²) in [6.45, 7) is 6.74. The minimum Gasteiger partial charge on any atom is -0.497 e. The van der Waals surface area contributed by atoms with Gasteiger partial charge in [-0.25, -0.2) is 4.79 Å². The molecule has 1 aromatic heterocycles. The number of methoxy groups -OCH3 is 1. The third kappa shape index (κ3) is 6.13. The quantitative estimate of drug-likeness (QED) is 0.464. The molecule has 182 valence electrons. The van der Waals surface area contributed by atoms with Gasteiger partial charge in [-0.3, -0.25) is 14.6 Å². The monoisotopic (exact) mass is 491 g/mol. The van der Waals surface area contributed by atoms with E-state index in [9.17, 15) is 14.4 Å². The third-order valence-electron chi connectivity index (χ3n) is 5.64. The normalized spacial score (nSPS) is 11.9. The SMILES string of the molecule is COc1ccc(C(C(=O)Nc2ccc([Si](C)(C)C)cc2)N(C)C(=O)c2ccc(C(=O)O)cn2)cc1. The minimum atomic E-state index is -1.48. The van der Waals surface area contributed by atoms with Gasteiger partial charge < -0.3 is 20.1 Å². The number of hydrogen-bond donors (Lipinski definition) is 2. The van der Waals surface area contributed by atoms with Gasteiger partial charge in [0.2, 0.25) is 0 Å². The number of nitrogens with one attached hydrogen (secondary N) is 1. The largest absolute Gasteiger partial charge is 0.497 e. The number of carboxylic acids is 1. The van der Waals surface area contributed by atoms with Gasteiger partial charge in [-0.05, 0) is 42.0 Å². The highest BCUT2D eigenvalue weighted by atomic mass is 28.3. The molecule has 3 rings (SSSR count). The molecule has 8 nitrogen and oxygen atoms in total. The van der Waals surface area contributed by atoms with Crippen LogP contribution in [0.15, 0.2) is 66.9 Å². The van der Waals surface area contributed by atoms with Crippen molar-refractivity contribution in [2.75, 3.05) is 19.5 Å². The lowest BCUT2D eigenvalue weighted by atomic mass is 10.0. The molecule has 35 heavy (non-hydrogen) atoms. The Morgan fingerprint density at radius 2 is 1.60 bits per heavy atom. The molecule has 3 aromatic rings. The van der Waals surface area contributed by atoms with E-state index in [-0.39, 0.29) is 11.3 Å².